The molecule has 0 unspecified atom stereocenters. The summed E-state index contributed by atoms with van der Waals surface area (Å²) in [6.07, 6.45) is 9.54. The van der Waals surface area contributed by atoms with Crippen LogP contribution in [0.1, 0.15) is 109 Å². The Bertz CT molecular complexity index is 1370. The number of carbonyl (C=O) groups is 3. The number of aliphatic carboxylic acids is 1. The molecule has 12 nitrogen and oxygen atoms in total. The molecule has 4 saturated carbocycles. The van der Waals surface area contributed by atoms with Crippen LogP contribution < -0.4 is 22.4 Å². The molecule has 0 radical (unpaired) electrons. The average molecular weight is 643 g/mol. The molecule has 4 aliphatic carbocycles. The molecular weight excluding hydrogens is 592 g/mol. The Morgan fingerprint density at radius 3 is 2.54 bits per heavy atom. The average Bonchev–Trinajstić information content (AvgIpc) is 3.29. The standard InChI is InChI=1S/C34H50N4O8/c1-32-14-11-22(46-29(41)10-8-27(39)38-26(30(42)43)4-3-17-37-31(35)36)18-21(32)6-7-25-24(32)12-15-33(2)23(13-16-34(25,33)44)20-5-9-28(40)45-19-20/h5,9,19,21-26,44H,3-4,6-8,10-18H2,1-2H3,(H,38,39)(H,42,43)(H4,35,36,37)/t21-,22+,23-,24-,25+,26+,32+,33-,34+/m1/s1. The summed E-state index contributed by atoms with van der Waals surface area (Å²) >= 11 is 0. The molecule has 0 spiro atoms. The SMILES string of the molecule is C[C@]12CC[C@H](OC(=O)CCC(=O)N[C@@H](CCCN=C(N)N)C(=O)O)C[C@H]1CC[C@H]1[C@H]2CC[C@]2(C)[C@@H](c3ccc(=O)oc3)CC[C@]12O. The molecule has 0 bridgehead atoms. The number of esters is 1. The minimum absolute atomic E-state index is 0.0490. The van der Waals surface area contributed by atoms with Crippen LogP contribution in [0.3, 0.4) is 0 Å². The van der Waals surface area contributed by atoms with Crippen molar-refractivity contribution in [2.24, 2.45) is 45.0 Å². The quantitative estimate of drug-likeness (QED) is 0.103. The lowest BCUT2D eigenvalue weighted by Gasteiger charge is -2.63. The second-order valence-corrected chi connectivity index (χ2v) is 14.6. The second kappa shape index (κ2) is 13.4. The van der Waals surface area contributed by atoms with Gasteiger partial charge in [0.2, 0.25) is 5.91 Å². The largest absolute Gasteiger partial charge is 0.480 e. The van der Waals surface area contributed by atoms with Crippen LogP contribution in [0.4, 0.5) is 0 Å². The van der Waals surface area contributed by atoms with Crippen molar-refractivity contribution in [1.29, 1.82) is 0 Å². The topological polar surface area (TPSA) is 208 Å². The first-order chi connectivity index (χ1) is 21.8. The summed E-state index contributed by atoms with van der Waals surface area (Å²) in [5, 5.41) is 24.4. The van der Waals surface area contributed by atoms with Crippen LogP contribution in [0, 0.1) is 28.6 Å². The predicted octanol–water partition coefficient (Wildman–Crippen LogP) is 3.20. The van der Waals surface area contributed by atoms with E-state index in [1.807, 2.05) is 6.07 Å². The van der Waals surface area contributed by atoms with Gasteiger partial charge in [-0.05, 0) is 111 Å². The molecule has 254 valence electrons. The number of ether oxygens (including phenoxy) is 1. The molecule has 4 aliphatic rings. The van der Waals surface area contributed by atoms with Gasteiger partial charge in [0.25, 0.3) is 0 Å². The summed E-state index contributed by atoms with van der Waals surface area (Å²) in [4.78, 5) is 52.1. The minimum atomic E-state index is -1.16. The number of fused-ring (bicyclic) bond motifs is 5. The molecule has 12 heteroatoms. The van der Waals surface area contributed by atoms with Gasteiger partial charge in [0, 0.05) is 24.4 Å². The maximum Gasteiger partial charge on any atom is 0.335 e. The van der Waals surface area contributed by atoms with Crippen LogP contribution in [0.25, 0.3) is 0 Å². The molecule has 1 aromatic rings. The van der Waals surface area contributed by atoms with Gasteiger partial charge in [-0.25, -0.2) is 9.59 Å². The molecule has 4 fully saturated rings. The number of carboxylic acids is 1. The first kappa shape index (κ1) is 33.9. The molecule has 1 heterocycles. The fourth-order valence-electron chi connectivity index (χ4n) is 9.88. The van der Waals surface area contributed by atoms with E-state index in [2.05, 4.69) is 24.2 Å². The number of guanidine groups is 1. The van der Waals surface area contributed by atoms with E-state index in [1.54, 1.807) is 6.26 Å². The number of nitrogens with zero attached hydrogens (tertiary/aromatic N) is 1. The molecular formula is C34H50N4O8. The van der Waals surface area contributed by atoms with Crippen molar-refractivity contribution in [3.8, 4) is 0 Å². The Morgan fingerprint density at radius 2 is 1.85 bits per heavy atom. The Labute approximate surface area is 269 Å². The Kier molecular flexibility index (Phi) is 9.86. The maximum atomic E-state index is 12.7. The normalized spacial score (nSPS) is 35.5. The molecule has 7 N–H and O–H groups in total. The summed E-state index contributed by atoms with van der Waals surface area (Å²) in [6, 6.07) is 2.25. The van der Waals surface area contributed by atoms with Gasteiger partial charge < -0.3 is 36.2 Å². The Hall–Kier alpha value is -3.41. The van der Waals surface area contributed by atoms with Gasteiger partial charge in [-0.3, -0.25) is 14.6 Å². The number of rotatable bonds is 11. The van der Waals surface area contributed by atoms with Gasteiger partial charge in [-0.15, -0.1) is 0 Å². The van der Waals surface area contributed by atoms with E-state index >= 15 is 0 Å². The van der Waals surface area contributed by atoms with Gasteiger partial charge in [-0.2, -0.15) is 0 Å². The van der Waals surface area contributed by atoms with E-state index < -0.39 is 29.5 Å². The summed E-state index contributed by atoms with van der Waals surface area (Å²) < 4.78 is 11.1. The molecule has 0 aliphatic heterocycles. The molecule has 46 heavy (non-hydrogen) atoms. The molecule has 1 amide bonds. The van der Waals surface area contributed by atoms with E-state index in [0.717, 1.165) is 63.4 Å². The number of hydrogen-bond acceptors (Lipinski definition) is 8. The van der Waals surface area contributed by atoms with Crippen LogP contribution in [0.5, 0.6) is 0 Å². The number of nitrogens with one attached hydrogen (secondary N) is 1. The lowest BCUT2D eigenvalue weighted by molar-refractivity contribution is -0.207. The number of carbonyl (C=O) groups excluding carboxylic acids is 2. The first-order valence-electron chi connectivity index (χ1n) is 16.8. The van der Waals surface area contributed by atoms with Crippen molar-refractivity contribution >= 4 is 23.8 Å². The third-order valence-corrected chi connectivity index (χ3v) is 12.4. The van der Waals surface area contributed by atoms with Crippen molar-refractivity contribution in [2.45, 2.75) is 121 Å². The van der Waals surface area contributed by atoms with Gasteiger partial charge in [-0.1, -0.05) is 13.8 Å². The second-order valence-electron chi connectivity index (χ2n) is 14.6. The number of carboxylic acid groups (broad SMARTS) is 1. The lowest BCUT2D eigenvalue weighted by atomic mass is 9.43. The van der Waals surface area contributed by atoms with Crippen LogP contribution in [0.2, 0.25) is 0 Å². The zero-order valence-electron chi connectivity index (χ0n) is 27.0. The highest BCUT2D eigenvalue weighted by Gasteiger charge is 2.67. The fourth-order valence-corrected chi connectivity index (χ4v) is 9.88. The van der Waals surface area contributed by atoms with Crippen LogP contribution >= 0.6 is 0 Å². The number of amides is 1. The van der Waals surface area contributed by atoms with Gasteiger partial charge in [0.05, 0.1) is 18.3 Å². The summed E-state index contributed by atoms with van der Waals surface area (Å²) in [7, 11) is 0. The number of nitrogens with two attached hydrogens (primary N) is 2. The van der Waals surface area contributed by atoms with E-state index in [4.69, 9.17) is 20.6 Å². The number of aliphatic imine (C=N–C) groups is 1. The lowest BCUT2D eigenvalue weighted by Crippen LogP contribution is -2.62. The molecule has 0 aromatic carbocycles. The highest BCUT2D eigenvalue weighted by Crippen LogP contribution is 2.70. The van der Waals surface area contributed by atoms with Gasteiger partial charge in [0.15, 0.2) is 5.96 Å². The first-order valence-corrected chi connectivity index (χ1v) is 16.8. The summed E-state index contributed by atoms with van der Waals surface area (Å²) in [5.74, 6) is -1.09. The summed E-state index contributed by atoms with van der Waals surface area (Å²) in [5.41, 5.74) is 10.2. The number of aliphatic hydroxyl groups is 1. The third-order valence-electron chi connectivity index (χ3n) is 12.4. The zero-order chi connectivity index (χ0) is 33.3. The highest BCUT2D eigenvalue weighted by molar-refractivity contribution is 5.85. The Morgan fingerprint density at radius 1 is 1.07 bits per heavy atom. The maximum absolute atomic E-state index is 12.7. The van der Waals surface area contributed by atoms with E-state index in [1.165, 1.54) is 6.07 Å². The van der Waals surface area contributed by atoms with E-state index in [9.17, 15) is 29.4 Å². The van der Waals surface area contributed by atoms with Crippen LogP contribution in [0.15, 0.2) is 32.6 Å². The van der Waals surface area contributed by atoms with Crippen molar-refractivity contribution in [2.75, 3.05) is 6.54 Å². The van der Waals surface area contributed by atoms with Crippen LogP contribution in [-0.4, -0.2) is 58.3 Å². The molecule has 1 aromatic heterocycles. The fraction of sp³-hybridized carbons (Fsp3) is 0.735. The smallest absolute Gasteiger partial charge is 0.335 e. The molecule has 5 rings (SSSR count). The predicted molar refractivity (Wildman–Crippen MR) is 169 cm³/mol. The summed E-state index contributed by atoms with van der Waals surface area (Å²) in [6.45, 7) is 4.86. The molecule has 0 saturated heterocycles. The van der Waals surface area contributed by atoms with E-state index in [0.29, 0.717) is 18.3 Å². The zero-order valence-corrected chi connectivity index (χ0v) is 27.0. The third kappa shape index (κ3) is 6.55. The van der Waals surface area contributed by atoms with Crippen LogP contribution in [-0.2, 0) is 19.1 Å². The van der Waals surface area contributed by atoms with Crippen molar-refractivity contribution in [1.82, 2.24) is 5.32 Å². The highest BCUT2D eigenvalue weighted by atomic mass is 16.5. The van der Waals surface area contributed by atoms with E-state index in [-0.39, 0.29) is 66.2 Å². The molecule has 9 atom stereocenters. The van der Waals surface area contributed by atoms with Gasteiger partial charge >= 0.3 is 17.6 Å². The number of hydrogen-bond donors (Lipinski definition) is 5. The van der Waals surface area contributed by atoms with Crippen molar-refractivity contribution in [3.63, 3.8) is 0 Å². The Balaban J connectivity index is 1.13. The monoisotopic (exact) mass is 642 g/mol. The van der Waals surface area contributed by atoms with Crippen molar-refractivity contribution in [3.05, 3.63) is 34.4 Å². The minimum Gasteiger partial charge on any atom is -0.480 e. The van der Waals surface area contributed by atoms with Gasteiger partial charge in [0.1, 0.15) is 12.1 Å². The van der Waals surface area contributed by atoms with Crippen molar-refractivity contribution < 1.29 is 33.8 Å².